The molecule has 2 N–H and O–H groups in total. The lowest BCUT2D eigenvalue weighted by molar-refractivity contribution is -0.131. The average Bonchev–Trinajstić information content (AvgIpc) is 2.57. The lowest BCUT2D eigenvalue weighted by atomic mass is 10.2. The van der Waals surface area contributed by atoms with Gasteiger partial charge < -0.3 is 20.1 Å². The minimum absolute atomic E-state index is 0.0275. The summed E-state index contributed by atoms with van der Waals surface area (Å²) in [5.41, 5.74) is 5.60. The Labute approximate surface area is 103 Å². The molecule has 1 heterocycles. The number of likely N-dealkylation sites (tertiary alicyclic amines) is 1. The third kappa shape index (κ3) is 4.61. The number of hydrogen-bond donors (Lipinski definition) is 1. The van der Waals surface area contributed by atoms with Crippen LogP contribution >= 0.6 is 0 Å². The van der Waals surface area contributed by atoms with Gasteiger partial charge in [0.25, 0.3) is 0 Å². The van der Waals surface area contributed by atoms with Crippen molar-refractivity contribution in [1.82, 2.24) is 4.90 Å². The average molecular weight is 244 g/mol. The van der Waals surface area contributed by atoms with Gasteiger partial charge in [-0.25, -0.2) is 0 Å². The molecular formula is C12H24N2O3. The Kier molecular flexibility index (Phi) is 5.36. The lowest BCUT2D eigenvalue weighted by Crippen LogP contribution is -2.37. The predicted octanol–water partition coefficient (Wildman–Crippen LogP) is 0.722. The standard InChI is InChI=1S/C12H24N2O3/c1-8(2)16-7-11-5-12(17-9(3)13)6-14(11)10(4)15/h8-9,11-12H,5-7,13H2,1-4H3/t9?,11-,12+/m0/s1. The van der Waals surface area contributed by atoms with Gasteiger partial charge in [-0.2, -0.15) is 0 Å². The smallest absolute Gasteiger partial charge is 0.219 e. The largest absolute Gasteiger partial charge is 0.377 e. The first-order chi connectivity index (χ1) is 7.90. The normalized spacial score (nSPS) is 26.6. The van der Waals surface area contributed by atoms with Gasteiger partial charge in [0.1, 0.15) is 6.23 Å². The first kappa shape index (κ1) is 14.4. The van der Waals surface area contributed by atoms with E-state index in [1.54, 1.807) is 13.8 Å². The highest BCUT2D eigenvalue weighted by Gasteiger charge is 2.34. The minimum Gasteiger partial charge on any atom is -0.377 e. The molecule has 0 aromatic carbocycles. The number of hydrogen-bond acceptors (Lipinski definition) is 4. The SMILES string of the molecule is CC(=O)N1C[C@H](OC(C)N)C[C@H]1COC(C)C. The Balaban J connectivity index is 2.51. The molecule has 100 valence electrons. The quantitative estimate of drug-likeness (QED) is 0.724. The van der Waals surface area contributed by atoms with Gasteiger partial charge in [-0.05, 0) is 27.2 Å². The summed E-state index contributed by atoms with van der Waals surface area (Å²) < 4.78 is 11.1. The summed E-state index contributed by atoms with van der Waals surface area (Å²) in [5, 5.41) is 0. The molecule has 0 aliphatic carbocycles. The summed E-state index contributed by atoms with van der Waals surface area (Å²) in [4.78, 5) is 13.3. The highest BCUT2D eigenvalue weighted by atomic mass is 16.5. The number of ether oxygens (including phenoxy) is 2. The lowest BCUT2D eigenvalue weighted by Gasteiger charge is -2.23. The Morgan fingerprint density at radius 2 is 2.12 bits per heavy atom. The fourth-order valence-corrected chi connectivity index (χ4v) is 2.12. The second-order valence-corrected chi connectivity index (χ2v) is 4.91. The van der Waals surface area contributed by atoms with Crippen molar-refractivity contribution >= 4 is 5.91 Å². The molecule has 1 fully saturated rings. The number of amides is 1. The highest BCUT2D eigenvalue weighted by molar-refractivity contribution is 5.74. The first-order valence-electron chi connectivity index (χ1n) is 6.20. The van der Waals surface area contributed by atoms with Gasteiger partial charge >= 0.3 is 0 Å². The number of rotatable bonds is 5. The van der Waals surface area contributed by atoms with Crippen LogP contribution in [-0.2, 0) is 14.3 Å². The third-order valence-electron chi connectivity index (χ3n) is 2.81. The minimum atomic E-state index is -0.293. The second-order valence-electron chi connectivity index (χ2n) is 4.91. The van der Waals surface area contributed by atoms with E-state index in [9.17, 15) is 4.79 Å². The Bertz CT molecular complexity index is 256. The molecule has 0 aromatic heterocycles. The topological polar surface area (TPSA) is 64.8 Å². The molecule has 1 saturated heterocycles. The van der Waals surface area contributed by atoms with E-state index in [1.165, 1.54) is 0 Å². The van der Waals surface area contributed by atoms with Crippen molar-refractivity contribution in [2.45, 2.75) is 58.6 Å². The molecule has 3 atom stereocenters. The van der Waals surface area contributed by atoms with Gasteiger partial charge in [-0.3, -0.25) is 4.79 Å². The van der Waals surface area contributed by atoms with Crippen LogP contribution in [0.25, 0.3) is 0 Å². The summed E-state index contributed by atoms with van der Waals surface area (Å²) in [6.07, 6.45) is 0.712. The van der Waals surface area contributed by atoms with Crippen LogP contribution in [0.4, 0.5) is 0 Å². The van der Waals surface area contributed by atoms with Gasteiger partial charge in [0.05, 0.1) is 24.9 Å². The van der Waals surface area contributed by atoms with E-state index in [-0.39, 0.29) is 30.4 Å². The molecule has 5 nitrogen and oxygen atoms in total. The number of nitrogens with two attached hydrogens (primary N) is 1. The maximum atomic E-state index is 11.5. The van der Waals surface area contributed by atoms with Crippen molar-refractivity contribution in [3.05, 3.63) is 0 Å². The van der Waals surface area contributed by atoms with E-state index in [0.717, 1.165) is 6.42 Å². The van der Waals surface area contributed by atoms with Gasteiger partial charge in [-0.15, -0.1) is 0 Å². The monoisotopic (exact) mass is 244 g/mol. The van der Waals surface area contributed by atoms with Crippen LogP contribution < -0.4 is 5.73 Å². The molecule has 0 bridgehead atoms. The summed E-state index contributed by atoms with van der Waals surface area (Å²) in [7, 11) is 0. The van der Waals surface area contributed by atoms with Crippen molar-refractivity contribution in [2.75, 3.05) is 13.2 Å². The number of carbonyl (C=O) groups excluding carboxylic acids is 1. The van der Waals surface area contributed by atoms with Crippen LogP contribution in [0.5, 0.6) is 0 Å². The molecule has 1 aliphatic heterocycles. The molecule has 1 amide bonds. The molecule has 0 saturated carbocycles. The van der Waals surface area contributed by atoms with E-state index >= 15 is 0 Å². The Morgan fingerprint density at radius 3 is 2.59 bits per heavy atom. The van der Waals surface area contributed by atoms with Gasteiger partial charge in [-0.1, -0.05) is 0 Å². The summed E-state index contributed by atoms with van der Waals surface area (Å²) in [5.74, 6) is 0.0677. The molecule has 5 heteroatoms. The van der Waals surface area contributed by atoms with Crippen LogP contribution in [0.3, 0.4) is 0 Å². The summed E-state index contributed by atoms with van der Waals surface area (Å²) in [6.45, 7) is 8.54. The van der Waals surface area contributed by atoms with Crippen molar-refractivity contribution < 1.29 is 14.3 Å². The molecule has 0 aromatic rings. The Morgan fingerprint density at radius 1 is 1.47 bits per heavy atom. The number of carbonyl (C=O) groups is 1. The van der Waals surface area contributed by atoms with E-state index < -0.39 is 0 Å². The van der Waals surface area contributed by atoms with Gasteiger partial charge in [0, 0.05) is 13.5 Å². The third-order valence-corrected chi connectivity index (χ3v) is 2.81. The van der Waals surface area contributed by atoms with E-state index in [1.807, 2.05) is 18.7 Å². The fraction of sp³-hybridized carbons (Fsp3) is 0.917. The second kappa shape index (κ2) is 6.33. The van der Waals surface area contributed by atoms with E-state index in [0.29, 0.717) is 13.2 Å². The zero-order chi connectivity index (χ0) is 13.0. The van der Waals surface area contributed by atoms with Crippen LogP contribution in [0.1, 0.15) is 34.1 Å². The maximum absolute atomic E-state index is 11.5. The first-order valence-corrected chi connectivity index (χ1v) is 6.20. The van der Waals surface area contributed by atoms with Gasteiger partial charge in [0.2, 0.25) is 5.91 Å². The van der Waals surface area contributed by atoms with Crippen LogP contribution in [-0.4, -0.2) is 48.4 Å². The predicted molar refractivity (Wildman–Crippen MR) is 65.4 cm³/mol. The van der Waals surface area contributed by atoms with Crippen LogP contribution in [0.15, 0.2) is 0 Å². The molecule has 0 radical (unpaired) electrons. The van der Waals surface area contributed by atoms with Gasteiger partial charge in [0.15, 0.2) is 0 Å². The maximum Gasteiger partial charge on any atom is 0.219 e. The zero-order valence-corrected chi connectivity index (χ0v) is 11.2. The summed E-state index contributed by atoms with van der Waals surface area (Å²) >= 11 is 0. The molecule has 1 rings (SSSR count). The molecule has 1 unspecified atom stereocenters. The van der Waals surface area contributed by atoms with Crippen LogP contribution in [0, 0.1) is 0 Å². The van der Waals surface area contributed by atoms with Crippen molar-refractivity contribution in [1.29, 1.82) is 0 Å². The van der Waals surface area contributed by atoms with Crippen molar-refractivity contribution in [3.63, 3.8) is 0 Å². The molecule has 1 aliphatic rings. The molecule has 0 spiro atoms. The fourth-order valence-electron chi connectivity index (χ4n) is 2.12. The Hall–Kier alpha value is -0.650. The van der Waals surface area contributed by atoms with Crippen LogP contribution in [0.2, 0.25) is 0 Å². The summed E-state index contributed by atoms with van der Waals surface area (Å²) in [6, 6.07) is 0.110. The van der Waals surface area contributed by atoms with Crippen molar-refractivity contribution in [2.24, 2.45) is 5.73 Å². The van der Waals surface area contributed by atoms with Crippen molar-refractivity contribution in [3.8, 4) is 0 Å². The molecular weight excluding hydrogens is 220 g/mol. The van der Waals surface area contributed by atoms with E-state index in [2.05, 4.69) is 0 Å². The number of nitrogens with zero attached hydrogens (tertiary/aromatic N) is 1. The van der Waals surface area contributed by atoms with E-state index in [4.69, 9.17) is 15.2 Å². The zero-order valence-electron chi connectivity index (χ0n) is 11.2. The highest BCUT2D eigenvalue weighted by Crippen LogP contribution is 2.21. The molecule has 17 heavy (non-hydrogen) atoms.